The van der Waals surface area contributed by atoms with Crippen LogP contribution in [0.4, 0.5) is 11.5 Å². The molecule has 1 aromatic heterocycles. The minimum Gasteiger partial charge on any atom is -0.397 e. The molecule has 0 aliphatic heterocycles. The van der Waals surface area contributed by atoms with Crippen molar-refractivity contribution in [1.82, 2.24) is 4.98 Å². The topological polar surface area (TPSA) is 42.1 Å². The molecule has 0 spiro atoms. The molecule has 0 amide bonds. The second kappa shape index (κ2) is 6.42. The molecule has 106 valence electrons. The third kappa shape index (κ3) is 3.50. The fourth-order valence-electron chi connectivity index (χ4n) is 2.23. The average Bonchev–Trinajstić information content (AvgIpc) is 2.44. The monoisotopic (exact) mass is 269 g/mol. The summed E-state index contributed by atoms with van der Waals surface area (Å²) in [5.74, 6) is 0.953. The predicted octanol–water partition coefficient (Wildman–Crippen LogP) is 3.56. The minimum atomic E-state index is 0.742. The van der Waals surface area contributed by atoms with Crippen LogP contribution in [-0.4, -0.2) is 12.0 Å². The lowest BCUT2D eigenvalue weighted by atomic mass is 10.1. The number of nitrogens with zero attached hydrogens (tertiary/aromatic N) is 2. The van der Waals surface area contributed by atoms with Crippen LogP contribution in [0.25, 0.3) is 0 Å². The van der Waals surface area contributed by atoms with Gasteiger partial charge in [0.2, 0.25) is 0 Å². The number of aryl methyl sites for hydroxylation is 2. The number of rotatable bonds is 5. The summed E-state index contributed by atoms with van der Waals surface area (Å²) in [4.78, 5) is 6.66. The zero-order valence-corrected chi connectivity index (χ0v) is 12.6. The summed E-state index contributed by atoms with van der Waals surface area (Å²) in [6.45, 7) is 4.99. The van der Waals surface area contributed by atoms with Crippen LogP contribution in [0.2, 0.25) is 0 Å². The molecule has 0 atom stereocenters. The third-order valence-electron chi connectivity index (χ3n) is 3.48. The normalized spacial score (nSPS) is 10.6. The molecule has 3 nitrogen and oxygen atoms in total. The lowest BCUT2D eigenvalue weighted by Gasteiger charge is -2.19. The second-order valence-corrected chi connectivity index (χ2v) is 5.27. The van der Waals surface area contributed by atoms with Crippen molar-refractivity contribution < 1.29 is 0 Å². The number of benzene rings is 1. The maximum Gasteiger partial charge on any atom is 0.128 e. The van der Waals surface area contributed by atoms with Gasteiger partial charge in [-0.2, -0.15) is 0 Å². The molecule has 2 rings (SSSR count). The van der Waals surface area contributed by atoms with Crippen molar-refractivity contribution in [3.63, 3.8) is 0 Å². The second-order valence-electron chi connectivity index (χ2n) is 5.27. The Labute approximate surface area is 121 Å². The molecule has 0 aliphatic rings. The van der Waals surface area contributed by atoms with Gasteiger partial charge in [0.05, 0.1) is 11.4 Å². The number of nitrogen functional groups attached to an aromatic ring is 1. The van der Waals surface area contributed by atoms with Gasteiger partial charge in [0.25, 0.3) is 0 Å². The molecule has 3 heteroatoms. The number of aromatic nitrogens is 1. The zero-order chi connectivity index (χ0) is 14.5. The summed E-state index contributed by atoms with van der Waals surface area (Å²) in [6, 6.07) is 12.7. The Morgan fingerprint density at radius 3 is 2.30 bits per heavy atom. The van der Waals surface area contributed by atoms with Crippen LogP contribution in [0.1, 0.15) is 30.2 Å². The van der Waals surface area contributed by atoms with Crippen LogP contribution >= 0.6 is 0 Å². The molecule has 1 heterocycles. The first-order valence-corrected chi connectivity index (χ1v) is 7.12. The fraction of sp³-hybridized carbons (Fsp3) is 0.353. The maximum absolute atomic E-state index is 5.81. The first-order chi connectivity index (χ1) is 9.60. The van der Waals surface area contributed by atoms with Crippen LogP contribution in [0.5, 0.6) is 0 Å². The Kier molecular flexibility index (Phi) is 4.61. The number of hydrogen-bond donors (Lipinski definition) is 1. The van der Waals surface area contributed by atoms with Crippen molar-refractivity contribution in [2.45, 2.75) is 33.2 Å². The van der Waals surface area contributed by atoms with Crippen molar-refractivity contribution in [1.29, 1.82) is 0 Å². The van der Waals surface area contributed by atoms with Crippen molar-refractivity contribution in [3.05, 3.63) is 53.2 Å². The minimum absolute atomic E-state index is 0.742. The summed E-state index contributed by atoms with van der Waals surface area (Å²) in [5.41, 5.74) is 10.1. The van der Waals surface area contributed by atoms with Crippen LogP contribution in [0, 0.1) is 6.92 Å². The molecule has 1 aromatic carbocycles. The van der Waals surface area contributed by atoms with E-state index in [9.17, 15) is 0 Å². The highest BCUT2D eigenvalue weighted by Crippen LogP contribution is 2.17. The quantitative estimate of drug-likeness (QED) is 0.902. The van der Waals surface area contributed by atoms with Crippen molar-refractivity contribution in [3.8, 4) is 0 Å². The van der Waals surface area contributed by atoms with Crippen molar-refractivity contribution >= 4 is 11.5 Å². The lowest BCUT2D eigenvalue weighted by molar-refractivity contribution is 0.886. The van der Waals surface area contributed by atoms with Gasteiger partial charge in [0, 0.05) is 13.6 Å². The van der Waals surface area contributed by atoms with Gasteiger partial charge in [-0.15, -0.1) is 0 Å². The first-order valence-electron chi connectivity index (χ1n) is 7.12. The Morgan fingerprint density at radius 2 is 1.70 bits per heavy atom. The molecular weight excluding hydrogens is 246 g/mol. The molecule has 2 aromatic rings. The van der Waals surface area contributed by atoms with Crippen LogP contribution in [0.15, 0.2) is 36.4 Å². The molecule has 2 N–H and O–H groups in total. The first kappa shape index (κ1) is 14.4. The van der Waals surface area contributed by atoms with Gasteiger partial charge < -0.3 is 10.6 Å². The van der Waals surface area contributed by atoms with Gasteiger partial charge >= 0.3 is 0 Å². The predicted molar refractivity (Wildman–Crippen MR) is 85.9 cm³/mol. The van der Waals surface area contributed by atoms with E-state index in [1.165, 1.54) is 17.5 Å². The van der Waals surface area contributed by atoms with Gasteiger partial charge in [-0.05, 0) is 36.6 Å². The average molecular weight is 269 g/mol. The van der Waals surface area contributed by atoms with E-state index < -0.39 is 0 Å². The number of anilines is 2. The Morgan fingerprint density at radius 1 is 1.05 bits per heavy atom. The van der Waals surface area contributed by atoms with Gasteiger partial charge in [-0.3, -0.25) is 0 Å². The van der Waals surface area contributed by atoms with Crippen molar-refractivity contribution in [2.75, 3.05) is 17.7 Å². The molecule has 20 heavy (non-hydrogen) atoms. The van der Waals surface area contributed by atoms with E-state index in [0.717, 1.165) is 30.2 Å². The molecule has 0 bridgehead atoms. The molecule has 0 saturated carbocycles. The third-order valence-corrected chi connectivity index (χ3v) is 3.48. The molecule has 0 fully saturated rings. The zero-order valence-electron chi connectivity index (χ0n) is 12.6. The molecule has 0 saturated heterocycles. The lowest BCUT2D eigenvalue weighted by Crippen LogP contribution is -2.18. The van der Waals surface area contributed by atoms with Gasteiger partial charge in [0.15, 0.2) is 0 Å². The SMILES string of the molecule is CCCc1ccc(CN(C)c2ccc(N)c(C)n2)cc1. The number of hydrogen-bond acceptors (Lipinski definition) is 3. The van der Waals surface area contributed by atoms with E-state index in [-0.39, 0.29) is 0 Å². The van der Waals surface area contributed by atoms with Gasteiger partial charge in [-0.1, -0.05) is 37.6 Å². The molecular formula is C17H23N3. The summed E-state index contributed by atoms with van der Waals surface area (Å²) >= 11 is 0. The standard InChI is InChI=1S/C17H23N3/c1-4-5-14-6-8-15(9-7-14)12-20(3)17-11-10-16(18)13(2)19-17/h6-11H,4-5,12,18H2,1-3H3. The maximum atomic E-state index is 5.81. The summed E-state index contributed by atoms with van der Waals surface area (Å²) in [5, 5.41) is 0. The van der Waals surface area contributed by atoms with Crippen LogP contribution < -0.4 is 10.6 Å². The van der Waals surface area contributed by atoms with Gasteiger partial charge in [0.1, 0.15) is 5.82 Å². The summed E-state index contributed by atoms with van der Waals surface area (Å²) in [7, 11) is 2.05. The van der Waals surface area contributed by atoms with E-state index in [1.807, 2.05) is 19.1 Å². The van der Waals surface area contributed by atoms with E-state index in [1.54, 1.807) is 0 Å². The Hall–Kier alpha value is -2.03. The number of pyridine rings is 1. The largest absolute Gasteiger partial charge is 0.397 e. The highest BCUT2D eigenvalue weighted by molar-refractivity contribution is 5.50. The highest BCUT2D eigenvalue weighted by atomic mass is 15.2. The van der Waals surface area contributed by atoms with Crippen LogP contribution in [-0.2, 0) is 13.0 Å². The molecule has 0 radical (unpaired) electrons. The summed E-state index contributed by atoms with van der Waals surface area (Å²) < 4.78 is 0. The fourth-order valence-corrected chi connectivity index (χ4v) is 2.23. The van der Waals surface area contributed by atoms with E-state index in [4.69, 9.17) is 5.73 Å². The summed E-state index contributed by atoms with van der Waals surface area (Å²) in [6.07, 6.45) is 2.34. The smallest absolute Gasteiger partial charge is 0.128 e. The molecule has 0 unspecified atom stereocenters. The highest BCUT2D eigenvalue weighted by Gasteiger charge is 2.05. The van der Waals surface area contributed by atoms with Crippen molar-refractivity contribution in [2.24, 2.45) is 0 Å². The van der Waals surface area contributed by atoms with Gasteiger partial charge in [-0.25, -0.2) is 4.98 Å². The van der Waals surface area contributed by atoms with E-state index >= 15 is 0 Å². The Bertz CT molecular complexity index is 561. The van der Waals surface area contributed by atoms with Crippen LogP contribution in [0.3, 0.4) is 0 Å². The van der Waals surface area contributed by atoms with E-state index in [2.05, 4.69) is 48.1 Å². The number of nitrogens with two attached hydrogens (primary N) is 1. The Balaban J connectivity index is 2.06. The van der Waals surface area contributed by atoms with E-state index in [0.29, 0.717) is 0 Å². The molecule has 0 aliphatic carbocycles.